The molecule has 6 rings (SSSR count). The molecule has 2 aliphatic rings. The van der Waals surface area contributed by atoms with E-state index in [0.29, 0.717) is 18.8 Å². The Labute approximate surface area is 229 Å². The van der Waals surface area contributed by atoms with Crippen molar-refractivity contribution in [3.05, 3.63) is 42.2 Å². The van der Waals surface area contributed by atoms with Gasteiger partial charge in [-0.3, -0.25) is 9.78 Å². The summed E-state index contributed by atoms with van der Waals surface area (Å²) in [5.74, 6) is 0.422. The molecule has 12 heteroatoms. The number of nitriles is 1. The summed E-state index contributed by atoms with van der Waals surface area (Å²) in [4.78, 5) is 18.8. The fourth-order valence-corrected chi connectivity index (χ4v) is 6.35. The van der Waals surface area contributed by atoms with Crippen LogP contribution in [0.2, 0.25) is 0 Å². The number of anilines is 2. The van der Waals surface area contributed by atoms with Crippen LogP contribution in [-0.2, 0) is 9.53 Å². The number of ether oxygens (including phenoxy) is 1. The first kappa shape index (κ1) is 25.2. The van der Waals surface area contributed by atoms with Crippen molar-refractivity contribution in [1.82, 2.24) is 30.1 Å². The van der Waals surface area contributed by atoms with Gasteiger partial charge in [0.15, 0.2) is 5.01 Å². The first-order chi connectivity index (χ1) is 18.9. The molecular formula is C27H29N9O2S. The van der Waals surface area contributed by atoms with Gasteiger partial charge in [0.05, 0.1) is 47.4 Å². The second-order valence-corrected chi connectivity index (χ2v) is 11.4. The van der Waals surface area contributed by atoms with Gasteiger partial charge in [0, 0.05) is 55.8 Å². The van der Waals surface area contributed by atoms with Gasteiger partial charge >= 0.3 is 0 Å². The highest BCUT2D eigenvalue weighted by atomic mass is 32.1. The fraction of sp³-hybridized carbons (Fsp3) is 0.407. The molecule has 39 heavy (non-hydrogen) atoms. The molecule has 2 N–H and O–H groups in total. The van der Waals surface area contributed by atoms with Gasteiger partial charge in [-0.15, -0.1) is 10.2 Å². The minimum Gasteiger partial charge on any atom is -0.382 e. The predicted octanol–water partition coefficient (Wildman–Crippen LogP) is 3.19. The summed E-state index contributed by atoms with van der Waals surface area (Å²) in [7, 11) is 0. The molecule has 0 saturated carbocycles. The summed E-state index contributed by atoms with van der Waals surface area (Å²) in [5.41, 5.74) is 4.74. The zero-order valence-electron chi connectivity index (χ0n) is 22.0. The van der Waals surface area contributed by atoms with E-state index in [9.17, 15) is 10.1 Å². The summed E-state index contributed by atoms with van der Waals surface area (Å²) in [6, 6.07) is 10.2. The zero-order chi connectivity index (χ0) is 27.1. The van der Waals surface area contributed by atoms with Crippen molar-refractivity contribution in [2.45, 2.75) is 32.9 Å². The van der Waals surface area contributed by atoms with Crippen molar-refractivity contribution >= 4 is 33.6 Å². The molecule has 4 aromatic heterocycles. The highest BCUT2D eigenvalue weighted by Gasteiger charge is 2.41. The van der Waals surface area contributed by atoms with E-state index in [0.717, 1.165) is 51.4 Å². The van der Waals surface area contributed by atoms with Crippen LogP contribution in [0.4, 0.5) is 10.8 Å². The van der Waals surface area contributed by atoms with Gasteiger partial charge in [-0.2, -0.15) is 10.4 Å². The molecule has 0 aromatic carbocycles. The molecule has 3 atom stereocenters. The van der Waals surface area contributed by atoms with Crippen molar-refractivity contribution < 1.29 is 9.53 Å². The number of amides is 1. The van der Waals surface area contributed by atoms with Crippen LogP contribution >= 0.6 is 11.3 Å². The molecule has 0 aliphatic carbocycles. The van der Waals surface area contributed by atoms with E-state index >= 15 is 0 Å². The lowest BCUT2D eigenvalue weighted by Crippen LogP contribution is -2.61. The van der Waals surface area contributed by atoms with Crippen molar-refractivity contribution in [3.8, 4) is 28.0 Å². The number of carbonyl (C=O) groups excluding carboxylic acids is 1. The third kappa shape index (κ3) is 4.91. The van der Waals surface area contributed by atoms with Crippen molar-refractivity contribution in [3.63, 3.8) is 0 Å². The van der Waals surface area contributed by atoms with Crippen LogP contribution < -0.4 is 15.5 Å². The smallest absolute Gasteiger partial charge is 0.217 e. The Morgan fingerprint density at radius 2 is 1.97 bits per heavy atom. The average Bonchev–Trinajstić information content (AvgIpc) is 3.55. The standard InChI is InChI=1S/C27H29N9O2S/c1-15(2)31-22-7-23(24-5-4-20-6-17(8-28)9-30-36(20)24)29-10-21(22)26-33-34-27(39-26)35-11-18-13-38-14-19(12-35)25(18)32-16(3)37/h4-7,9-10,15,18-19,25H,11-14H2,1-3H3,(H,29,31)(H,32,37)/t18-,19+,25+. The molecule has 2 fully saturated rings. The number of hydrogen-bond acceptors (Lipinski definition) is 10. The molecule has 6 heterocycles. The number of nitrogens with one attached hydrogen (secondary N) is 2. The Hall–Kier alpha value is -4.08. The molecule has 2 aliphatic heterocycles. The molecule has 0 spiro atoms. The fourth-order valence-electron chi connectivity index (χ4n) is 5.47. The second kappa shape index (κ2) is 10.2. The zero-order valence-corrected chi connectivity index (χ0v) is 22.8. The van der Waals surface area contributed by atoms with Gasteiger partial charge in [0.25, 0.3) is 0 Å². The normalized spacial score (nSPS) is 20.7. The molecule has 2 saturated heterocycles. The Balaban J connectivity index is 1.29. The van der Waals surface area contributed by atoms with Gasteiger partial charge in [-0.1, -0.05) is 11.3 Å². The largest absolute Gasteiger partial charge is 0.382 e. The van der Waals surface area contributed by atoms with E-state index in [1.54, 1.807) is 35.0 Å². The van der Waals surface area contributed by atoms with Crippen LogP contribution in [0.3, 0.4) is 0 Å². The molecule has 4 aromatic rings. The first-order valence-electron chi connectivity index (χ1n) is 13.0. The minimum atomic E-state index is 0.000487. The predicted molar refractivity (Wildman–Crippen MR) is 148 cm³/mol. The van der Waals surface area contributed by atoms with Gasteiger partial charge < -0.3 is 20.3 Å². The highest BCUT2D eigenvalue weighted by molar-refractivity contribution is 7.18. The van der Waals surface area contributed by atoms with Crippen molar-refractivity contribution in [1.29, 1.82) is 5.26 Å². The van der Waals surface area contributed by atoms with Crippen LogP contribution in [0.5, 0.6) is 0 Å². The van der Waals surface area contributed by atoms with Gasteiger partial charge in [0.2, 0.25) is 11.0 Å². The quantitative estimate of drug-likeness (QED) is 0.376. The monoisotopic (exact) mass is 543 g/mol. The maximum Gasteiger partial charge on any atom is 0.217 e. The van der Waals surface area contributed by atoms with Gasteiger partial charge in [-0.25, -0.2) is 4.52 Å². The number of carbonyl (C=O) groups is 1. The Bertz CT molecular complexity index is 1560. The second-order valence-electron chi connectivity index (χ2n) is 10.4. The topological polar surface area (TPSA) is 133 Å². The Morgan fingerprint density at radius 3 is 2.69 bits per heavy atom. The number of aromatic nitrogens is 5. The third-order valence-corrected chi connectivity index (χ3v) is 8.13. The summed E-state index contributed by atoms with van der Waals surface area (Å²) in [6.07, 6.45) is 3.39. The molecule has 0 radical (unpaired) electrons. The van der Waals surface area contributed by atoms with E-state index in [1.807, 2.05) is 24.4 Å². The van der Waals surface area contributed by atoms with Gasteiger partial charge in [0.1, 0.15) is 6.07 Å². The number of fused-ring (bicyclic) bond motifs is 3. The SMILES string of the molecule is CC(=O)N[C@@H]1[C@@H]2COC[C@H]1CN(c1nnc(-c3cnc(-c4ccc5cc(C#N)cnn45)cc3NC(C)C)s1)C2. The maximum absolute atomic E-state index is 11.7. The highest BCUT2D eigenvalue weighted by Crippen LogP contribution is 2.38. The van der Waals surface area contributed by atoms with Crippen molar-refractivity contribution in [2.75, 3.05) is 36.5 Å². The van der Waals surface area contributed by atoms with Gasteiger partial charge in [-0.05, 0) is 38.1 Å². The number of rotatable bonds is 6. The Morgan fingerprint density at radius 1 is 1.18 bits per heavy atom. The van der Waals surface area contributed by atoms with Crippen LogP contribution in [0.15, 0.2) is 36.7 Å². The van der Waals surface area contributed by atoms with E-state index in [4.69, 9.17) is 9.72 Å². The molecular weight excluding hydrogens is 514 g/mol. The molecule has 1 amide bonds. The lowest BCUT2D eigenvalue weighted by Gasteiger charge is -2.46. The number of piperidine rings is 1. The van der Waals surface area contributed by atoms with E-state index in [2.05, 4.69) is 50.7 Å². The molecule has 200 valence electrons. The summed E-state index contributed by atoms with van der Waals surface area (Å²) >= 11 is 1.54. The van der Waals surface area contributed by atoms with Crippen LogP contribution in [-0.4, -0.2) is 69.1 Å². The summed E-state index contributed by atoms with van der Waals surface area (Å²) in [6.45, 7) is 8.51. The maximum atomic E-state index is 11.7. The number of nitrogens with zero attached hydrogens (tertiary/aromatic N) is 7. The van der Waals surface area contributed by atoms with Crippen molar-refractivity contribution in [2.24, 2.45) is 11.8 Å². The third-order valence-electron chi connectivity index (χ3n) is 7.11. The average molecular weight is 544 g/mol. The Kier molecular flexibility index (Phi) is 6.62. The summed E-state index contributed by atoms with van der Waals surface area (Å²) in [5, 5.41) is 31.0. The lowest BCUT2D eigenvalue weighted by molar-refractivity contribution is -0.122. The molecule has 11 nitrogen and oxygen atoms in total. The molecule has 2 bridgehead atoms. The lowest BCUT2D eigenvalue weighted by atomic mass is 9.82. The first-order valence-corrected chi connectivity index (χ1v) is 13.8. The van der Waals surface area contributed by atoms with Crippen LogP contribution in [0.25, 0.3) is 27.5 Å². The van der Waals surface area contributed by atoms with E-state index < -0.39 is 0 Å². The van der Waals surface area contributed by atoms with E-state index in [-0.39, 0.29) is 29.8 Å². The minimum absolute atomic E-state index is 0.000487. The van der Waals surface area contributed by atoms with Crippen LogP contribution in [0, 0.1) is 23.2 Å². The number of pyridine rings is 1. The summed E-state index contributed by atoms with van der Waals surface area (Å²) < 4.78 is 7.58. The van der Waals surface area contributed by atoms with Crippen LogP contribution in [0.1, 0.15) is 26.3 Å². The van der Waals surface area contributed by atoms with E-state index in [1.165, 1.54) is 0 Å². The molecule has 0 unspecified atom stereocenters. The number of hydrogen-bond donors (Lipinski definition) is 2.